The molecule has 0 radical (unpaired) electrons. The van der Waals surface area contributed by atoms with Crippen molar-refractivity contribution < 1.29 is 9.60 Å². The number of halogens is 3. The van der Waals surface area contributed by atoms with Gasteiger partial charge in [0, 0.05) is 17.1 Å². The van der Waals surface area contributed by atoms with Crippen LogP contribution in [0.3, 0.4) is 0 Å². The Morgan fingerprint density at radius 3 is 2.77 bits per heavy atom. The topological polar surface area (TPSA) is 23.5 Å². The van der Waals surface area contributed by atoms with Gasteiger partial charge >= 0.3 is 0 Å². The number of hydrogen-bond donors (Lipinski definition) is 1. The molecule has 72 valence electrons. The maximum atomic E-state index is 13.1. The largest absolute Gasteiger partial charge is 0.314 e. The molecule has 0 unspecified atom stereocenters. The minimum atomic E-state index is -0.422. The Morgan fingerprint density at radius 2 is 2.23 bits per heavy atom. The minimum Gasteiger partial charge on any atom is -0.314 e. The van der Waals surface area contributed by atoms with E-state index in [9.17, 15) is 4.39 Å². The van der Waals surface area contributed by atoms with Gasteiger partial charge in [0.2, 0.25) is 0 Å². The van der Waals surface area contributed by atoms with Gasteiger partial charge in [-0.25, -0.2) is 4.39 Å². The van der Waals surface area contributed by atoms with Crippen LogP contribution in [-0.2, 0) is 6.54 Å². The molecular formula is C8H8BrClFNO. The van der Waals surface area contributed by atoms with Gasteiger partial charge in [-0.15, -0.1) is 0 Å². The van der Waals surface area contributed by atoms with Crippen LogP contribution < -0.4 is 0 Å². The van der Waals surface area contributed by atoms with Crippen LogP contribution in [0.4, 0.5) is 4.39 Å². The molecule has 1 aromatic carbocycles. The van der Waals surface area contributed by atoms with Crippen LogP contribution in [0.2, 0.25) is 5.02 Å². The SMILES string of the molecule is CN(O)Cc1cc(Br)c(Cl)cc1F. The summed E-state index contributed by atoms with van der Waals surface area (Å²) in [6.45, 7) is 0.127. The van der Waals surface area contributed by atoms with Crippen molar-refractivity contribution >= 4 is 27.5 Å². The first-order chi connectivity index (χ1) is 6.00. The van der Waals surface area contributed by atoms with Crippen molar-refractivity contribution in [2.45, 2.75) is 6.54 Å². The molecule has 13 heavy (non-hydrogen) atoms. The lowest BCUT2D eigenvalue weighted by Crippen LogP contribution is -2.12. The molecule has 5 heteroatoms. The first-order valence-electron chi connectivity index (χ1n) is 3.54. The van der Waals surface area contributed by atoms with Crippen LogP contribution in [0.25, 0.3) is 0 Å². The zero-order valence-corrected chi connectivity index (χ0v) is 9.23. The van der Waals surface area contributed by atoms with Crippen LogP contribution in [0, 0.1) is 5.82 Å². The van der Waals surface area contributed by atoms with Crippen molar-refractivity contribution in [2.24, 2.45) is 0 Å². The second-order valence-corrected chi connectivity index (χ2v) is 3.94. The second kappa shape index (κ2) is 4.37. The van der Waals surface area contributed by atoms with Crippen molar-refractivity contribution in [1.29, 1.82) is 0 Å². The first kappa shape index (κ1) is 10.9. The molecule has 0 bridgehead atoms. The molecule has 0 fully saturated rings. The van der Waals surface area contributed by atoms with Gasteiger partial charge in [-0.1, -0.05) is 11.6 Å². The summed E-state index contributed by atoms with van der Waals surface area (Å²) in [5.41, 5.74) is 0.390. The van der Waals surface area contributed by atoms with Crippen molar-refractivity contribution in [2.75, 3.05) is 7.05 Å². The summed E-state index contributed by atoms with van der Waals surface area (Å²) in [6.07, 6.45) is 0. The summed E-state index contributed by atoms with van der Waals surface area (Å²) in [7, 11) is 1.45. The van der Waals surface area contributed by atoms with E-state index in [1.807, 2.05) is 0 Å². The number of hydrogen-bond acceptors (Lipinski definition) is 2. The van der Waals surface area contributed by atoms with Gasteiger partial charge in [-0.3, -0.25) is 0 Å². The minimum absolute atomic E-state index is 0.127. The highest BCUT2D eigenvalue weighted by molar-refractivity contribution is 9.10. The molecule has 1 rings (SSSR count). The highest BCUT2D eigenvalue weighted by Gasteiger charge is 2.07. The molecule has 0 aliphatic carbocycles. The number of rotatable bonds is 2. The van der Waals surface area contributed by atoms with E-state index in [4.69, 9.17) is 16.8 Å². The van der Waals surface area contributed by atoms with Gasteiger partial charge in [0.1, 0.15) is 5.82 Å². The quantitative estimate of drug-likeness (QED) is 0.658. The lowest BCUT2D eigenvalue weighted by Gasteiger charge is -2.09. The third-order valence-corrected chi connectivity index (χ3v) is 2.69. The van der Waals surface area contributed by atoms with Gasteiger partial charge in [0.15, 0.2) is 0 Å². The standard InChI is InChI=1S/C8H8BrClFNO/c1-12(13)4-5-2-6(9)7(10)3-8(5)11/h2-3,13H,4H2,1H3. The van der Waals surface area contributed by atoms with E-state index < -0.39 is 5.82 Å². The lowest BCUT2D eigenvalue weighted by atomic mass is 10.2. The third-order valence-electron chi connectivity index (χ3n) is 1.49. The molecule has 2 nitrogen and oxygen atoms in total. The van der Waals surface area contributed by atoms with Crippen molar-refractivity contribution in [3.63, 3.8) is 0 Å². The molecule has 0 saturated carbocycles. The first-order valence-corrected chi connectivity index (χ1v) is 4.71. The van der Waals surface area contributed by atoms with Crippen molar-refractivity contribution in [3.8, 4) is 0 Å². The highest BCUT2D eigenvalue weighted by atomic mass is 79.9. The summed E-state index contributed by atoms with van der Waals surface area (Å²) in [6, 6.07) is 2.76. The molecule has 0 heterocycles. The Morgan fingerprint density at radius 1 is 1.62 bits per heavy atom. The van der Waals surface area contributed by atoms with Gasteiger partial charge in [-0.2, -0.15) is 5.06 Å². The summed E-state index contributed by atoms with van der Waals surface area (Å²) in [4.78, 5) is 0. The second-order valence-electron chi connectivity index (χ2n) is 2.67. The molecule has 0 atom stereocenters. The molecule has 0 aromatic heterocycles. The Kier molecular flexibility index (Phi) is 3.67. The van der Waals surface area contributed by atoms with Crippen molar-refractivity contribution in [1.82, 2.24) is 5.06 Å². The highest BCUT2D eigenvalue weighted by Crippen LogP contribution is 2.25. The fourth-order valence-electron chi connectivity index (χ4n) is 0.931. The van der Waals surface area contributed by atoms with E-state index in [2.05, 4.69) is 15.9 Å². The monoisotopic (exact) mass is 267 g/mol. The summed E-state index contributed by atoms with van der Waals surface area (Å²) in [5.74, 6) is -0.422. The molecule has 0 aliphatic rings. The molecule has 1 aromatic rings. The van der Waals surface area contributed by atoms with E-state index in [0.717, 1.165) is 5.06 Å². The molecule has 0 amide bonds. The normalized spacial score (nSPS) is 10.9. The van der Waals surface area contributed by atoms with Crippen molar-refractivity contribution in [3.05, 3.63) is 33.0 Å². The van der Waals surface area contributed by atoms with Gasteiger partial charge in [0.25, 0.3) is 0 Å². The Balaban J connectivity index is 3.01. The zero-order valence-electron chi connectivity index (χ0n) is 6.89. The smallest absolute Gasteiger partial charge is 0.129 e. The van der Waals surface area contributed by atoms with E-state index in [1.165, 1.54) is 13.1 Å². The van der Waals surface area contributed by atoms with Crippen LogP contribution in [0.15, 0.2) is 16.6 Å². The average Bonchev–Trinajstić information content (AvgIpc) is 1.99. The fraction of sp³-hybridized carbons (Fsp3) is 0.250. The summed E-state index contributed by atoms with van der Waals surface area (Å²) in [5, 5.41) is 10.1. The molecule has 0 saturated heterocycles. The maximum Gasteiger partial charge on any atom is 0.129 e. The maximum absolute atomic E-state index is 13.1. The average molecular weight is 269 g/mol. The van der Waals surface area contributed by atoms with E-state index >= 15 is 0 Å². The van der Waals surface area contributed by atoms with Gasteiger partial charge in [-0.05, 0) is 28.1 Å². The molecular weight excluding hydrogens is 260 g/mol. The zero-order chi connectivity index (χ0) is 10.0. The Hall–Kier alpha value is -0.160. The summed E-state index contributed by atoms with van der Waals surface area (Å²) >= 11 is 8.83. The Labute approximate surface area is 89.0 Å². The van der Waals surface area contributed by atoms with E-state index in [0.29, 0.717) is 15.1 Å². The van der Waals surface area contributed by atoms with Crippen LogP contribution in [-0.4, -0.2) is 17.3 Å². The molecule has 0 aliphatic heterocycles. The fourth-order valence-corrected chi connectivity index (χ4v) is 1.47. The van der Waals surface area contributed by atoms with Crippen LogP contribution >= 0.6 is 27.5 Å². The van der Waals surface area contributed by atoms with E-state index in [-0.39, 0.29) is 6.54 Å². The number of benzene rings is 1. The van der Waals surface area contributed by atoms with Crippen LogP contribution in [0.1, 0.15) is 5.56 Å². The molecule has 1 N–H and O–H groups in total. The number of hydroxylamine groups is 2. The number of nitrogens with zero attached hydrogens (tertiary/aromatic N) is 1. The lowest BCUT2D eigenvalue weighted by molar-refractivity contribution is -0.0738. The van der Waals surface area contributed by atoms with Crippen LogP contribution in [0.5, 0.6) is 0 Å². The van der Waals surface area contributed by atoms with Gasteiger partial charge in [0.05, 0.1) is 11.6 Å². The third kappa shape index (κ3) is 2.91. The van der Waals surface area contributed by atoms with E-state index in [1.54, 1.807) is 6.07 Å². The predicted octanol–water partition coefficient (Wildman–Crippen LogP) is 3.06. The van der Waals surface area contributed by atoms with Gasteiger partial charge < -0.3 is 5.21 Å². The predicted molar refractivity (Wildman–Crippen MR) is 52.4 cm³/mol. The summed E-state index contributed by atoms with van der Waals surface area (Å²) < 4.78 is 13.8. The molecule has 0 spiro atoms. The Bertz CT molecular complexity index is 319.